The van der Waals surface area contributed by atoms with Crippen LogP contribution in [0.5, 0.6) is 0 Å². The Morgan fingerprint density at radius 1 is 1.21 bits per heavy atom. The van der Waals surface area contributed by atoms with Gasteiger partial charge in [-0.25, -0.2) is 0 Å². The van der Waals surface area contributed by atoms with Gasteiger partial charge in [-0.15, -0.1) is 0 Å². The molecule has 0 bridgehead atoms. The van der Waals surface area contributed by atoms with Gasteiger partial charge in [0, 0.05) is 11.3 Å². The molecule has 3 heteroatoms. The summed E-state index contributed by atoms with van der Waals surface area (Å²) in [5.74, 6) is 0. The average Bonchev–Trinajstić information content (AvgIpc) is 2.21. The van der Waals surface area contributed by atoms with E-state index in [1.54, 1.807) is 0 Å². The zero-order valence-electron chi connectivity index (χ0n) is 8.76. The van der Waals surface area contributed by atoms with E-state index in [1.807, 2.05) is 0 Å². The molecular formula is C11H17IN2. The van der Waals surface area contributed by atoms with Gasteiger partial charge in [-0.2, -0.15) is 0 Å². The summed E-state index contributed by atoms with van der Waals surface area (Å²) in [4.78, 5) is 0. The topological polar surface area (TPSA) is 12.0 Å². The first kappa shape index (κ1) is 11.8. The molecule has 1 N–H and O–H groups in total. The van der Waals surface area contributed by atoms with Gasteiger partial charge in [-0.3, -0.25) is 0 Å². The Labute approximate surface area is 103 Å². The Balaban J connectivity index is 0.000000980. The van der Waals surface area contributed by atoms with Gasteiger partial charge in [-0.05, 0) is 6.07 Å². The second kappa shape index (κ2) is 4.49. The minimum atomic E-state index is 0. The van der Waals surface area contributed by atoms with Gasteiger partial charge in [0.15, 0.2) is 0 Å². The van der Waals surface area contributed by atoms with Crippen molar-refractivity contribution >= 4 is 5.69 Å². The number of para-hydroxylation sites is 1. The quantitative estimate of drug-likeness (QED) is 0.464. The zero-order valence-corrected chi connectivity index (χ0v) is 10.9. The van der Waals surface area contributed by atoms with Crippen molar-refractivity contribution in [1.29, 1.82) is 0 Å². The number of fused-ring (bicyclic) bond motifs is 1. The molecule has 0 spiro atoms. The molecule has 0 atom stereocenters. The maximum absolute atomic E-state index is 3.47. The fourth-order valence-electron chi connectivity index (χ4n) is 1.86. The van der Waals surface area contributed by atoms with Crippen molar-refractivity contribution in [2.24, 2.45) is 0 Å². The first-order valence-corrected chi connectivity index (χ1v) is 4.81. The Bertz CT molecular complexity index is 310. The molecule has 0 radical (unpaired) electrons. The van der Waals surface area contributed by atoms with Crippen molar-refractivity contribution in [3.8, 4) is 0 Å². The normalized spacial score (nSPS) is 18.4. The van der Waals surface area contributed by atoms with Crippen LogP contribution in [0.1, 0.15) is 5.56 Å². The molecule has 0 unspecified atom stereocenters. The molecule has 0 aromatic heterocycles. The van der Waals surface area contributed by atoms with Gasteiger partial charge in [0.05, 0.1) is 27.2 Å². The Morgan fingerprint density at radius 2 is 1.93 bits per heavy atom. The van der Waals surface area contributed by atoms with E-state index in [0.29, 0.717) is 0 Å². The first-order valence-electron chi connectivity index (χ1n) is 4.81. The lowest BCUT2D eigenvalue weighted by Crippen LogP contribution is -3.00. The maximum Gasteiger partial charge on any atom is 0.106 e. The van der Waals surface area contributed by atoms with Gasteiger partial charge >= 0.3 is 0 Å². The first-order chi connectivity index (χ1) is 6.17. The number of rotatable bonds is 0. The van der Waals surface area contributed by atoms with Crippen LogP contribution < -0.4 is 29.3 Å². The Morgan fingerprint density at radius 3 is 2.71 bits per heavy atom. The second-order valence-electron chi connectivity index (χ2n) is 4.40. The lowest BCUT2D eigenvalue weighted by Gasteiger charge is -2.27. The molecule has 14 heavy (non-hydrogen) atoms. The molecule has 78 valence electrons. The lowest BCUT2D eigenvalue weighted by atomic mass is 10.1. The molecule has 1 aliphatic rings. The standard InChI is InChI=1S/C11H17N2.HI/c1-13(2)8-7-12-11-6-4-3-5-10(11)9-13;/h3-6,12H,7-9H2,1-2H3;1H/q+1;/p-1. The molecule has 1 aromatic carbocycles. The molecular weight excluding hydrogens is 287 g/mol. The molecule has 0 fully saturated rings. The van der Waals surface area contributed by atoms with E-state index in [9.17, 15) is 0 Å². The highest BCUT2D eigenvalue weighted by Crippen LogP contribution is 2.21. The number of hydrogen-bond donors (Lipinski definition) is 1. The number of likely N-dealkylation sites (N-methyl/N-ethyl adjacent to an activating group) is 1. The minimum absolute atomic E-state index is 0. The molecule has 0 saturated carbocycles. The summed E-state index contributed by atoms with van der Waals surface area (Å²) < 4.78 is 1.07. The fourth-order valence-corrected chi connectivity index (χ4v) is 1.86. The summed E-state index contributed by atoms with van der Waals surface area (Å²) in [7, 11) is 4.56. The van der Waals surface area contributed by atoms with E-state index in [2.05, 4.69) is 43.7 Å². The summed E-state index contributed by atoms with van der Waals surface area (Å²) in [6, 6.07) is 8.59. The molecule has 2 rings (SSSR count). The van der Waals surface area contributed by atoms with Crippen LogP contribution in [0.25, 0.3) is 0 Å². The van der Waals surface area contributed by atoms with Crippen molar-refractivity contribution in [2.45, 2.75) is 6.54 Å². The summed E-state index contributed by atoms with van der Waals surface area (Å²) >= 11 is 0. The van der Waals surface area contributed by atoms with Crippen LogP contribution in [-0.4, -0.2) is 31.7 Å². The highest BCUT2D eigenvalue weighted by atomic mass is 127. The predicted molar refractivity (Wildman–Crippen MR) is 55.6 cm³/mol. The number of quaternary nitrogens is 1. The van der Waals surface area contributed by atoms with E-state index < -0.39 is 0 Å². The van der Waals surface area contributed by atoms with Crippen LogP contribution in [0.2, 0.25) is 0 Å². The smallest absolute Gasteiger partial charge is 0.106 e. The van der Waals surface area contributed by atoms with Gasteiger partial charge in [0.25, 0.3) is 0 Å². The number of nitrogens with one attached hydrogen (secondary N) is 1. The SMILES string of the molecule is C[N+]1(C)CCNc2ccccc2C1.[I-]. The molecule has 2 nitrogen and oxygen atoms in total. The zero-order chi connectivity index (χ0) is 9.31. The van der Waals surface area contributed by atoms with Gasteiger partial charge in [-0.1, -0.05) is 18.2 Å². The van der Waals surface area contributed by atoms with E-state index >= 15 is 0 Å². The van der Waals surface area contributed by atoms with Crippen molar-refractivity contribution < 1.29 is 28.5 Å². The lowest BCUT2D eigenvalue weighted by molar-refractivity contribution is -0.901. The molecule has 0 aliphatic carbocycles. The molecule has 1 heterocycles. The summed E-state index contributed by atoms with van der Waals surface area (Å²) in [5.41, 5.74) is 2.75. The highest BCUT2D eigenvalue weighted by Gasteiger charge is 2.20. The number of halogens is 1. The van der Waals surface area contributed by atoms with E-state index in [4.69, 9.17) is 0 Å². The van der Waals surface area contributed by atoms with Crippen LogP contribution in [0.3, 0.4) is 0 Å². The molecule has 0 saturated heterocycles. The molecule has 1 aliphatic heterocycles. The second-order valence-corrected chi connectivity index (χ2v) is 4.40. The van der Waals surface area contributed by atoms with Crippen molar-refractivity contribution in [1.82, 2.24) is 0 Å². The van der Waals surface area contributed by atoms with Crippen molar-refractivity contribution in [3.05, 3.63) is 29.8 Å². The largest absolute Gasteiger partial charge is 1.00 e. The third kappa shape index (κ3) is 2.60. The summed E-state index contributed by atoms with van der Waals surface area (Å²) in [6.45, 7) is 3.39. The monoisotopic (exact) mass is 304 g/mol. The fraction of sp³-hybridized carbons (Fsp3) is 0.455. The number of hydrogen-bond acceptors (Lipinski definition) is 1. The third-order valence-corrected chi connectivity index (χ3v) is 2.65. The number of nitrogens with zero attached hydrogens (tertiary/aromatic N) is 1. The van der Waals surface area contributed by atoms with Crippen molar-refractivity contribution in [3.63, 3.8) is 0 Å². The molecule has 0 amide bonds. The van der Waals surface area contributed by atoms with Gasteiger partial charge in [0.2, 0.25) is 0 Å². The van der Waals surface area contributed by atoms with Gasteiger partial charge in [0.1, 0.15) is 6.54 Å². The van der Waals surface area contributed by atoms with E-state index in [0.717, 1.165) is 17.6 Å². The van der Waals surface area contributed by atoms with Gasteiger partial charge < -0.3 is 33.8 Å². The van der Waals surface area contributed by atoms with Crippen LogP contribution in [-0.2, 0) is 6.54 Å². The van der Waals surface area contributed by atoms with Crippen molar-refractivity contribution in [2.75, 3.05) is 32.5 Å². The van der Waals surface area contributed by atoms with Crippen LogP contribution in [0.15, 0.2) is 24.3 Å². The third-order valence-electron chi connectivity index (χ3n) is 2.65. The van der Waals surface area contributed by atoms with Crippen LogP contribution in [0, 0.1) is 0 Å². The summed E-state index contributed by atoms with van der Waals surface area (Å²) in [6.07, 6.45) is 0. The summed E-state index contributed by atoms with van der Waals surface area (Å²) in [5, 5.41) is 3.47. The van der Waals surface area contributed by atoms with Crippen LogP contribution >= 0.6 is 0 Å². The minimum Gasteiger partial charge on any atom is -1.00 e. The number of anilines is 1. The molecule has 1 aromatic rings. The maximum atomic E-state index is 3.47. The Hall–Kier alpha value is -0.290. The predicted octanol–water partition coefficient (Wildman–Crippen LogP) is -1.31. The van der Waals surface area contributed by atoms with E-state index in [-0.39, 0.29) is 24.0 Å². The van der Waals surface area contributed by atoms with E-state index in [1.165, 1.54) is 17.8 Å². The van der Waals surface area contributed by atoms with Crippen LogP contribution in [0.4, 0.5) is 5.69 Å². The Kier molecular flexibility index (Phi) is 3.78. The highest BCUT2D eigenvalue weighted by molar-refractivity contribution is 5.51. The average molecular weight is 304 g/mol. The number of benzene rings is 1.